The number of hydrogen-bond acceptors (Lipinski definition) is 6. The molecule has 1 atom stereocenters. The molecule has 0 spiro atoms. The summed E-state index contributed by atoms with van der Waals surface area (Å²) in [5.41, 5.74) is 0.110. The lowest BCUT2D eigenvalue weighted by molar-refractivity contribution is -0.00998. The molecule has 0 bridgehead atoms. The summed E-state index contributed by atoms with van der Waals surface area (Å²) in [5, 5.41) is 14.7. The molecule has 2 aromatic rings. The Morgan fingerprint density at radius 1 is 0.931 bits per heavy atom. The van der Waals surface area contributed by atoms with Crippen molar-refractivity contribution >= 4 is 0 Å². The fourth-order valence-corrected chi connectivity index (χ4v) is 4.24. The van der Waals surface area contributed by atoms with Crippen LogP contribution in [0.1, 0.15) is 31.2 Å². The van der Waals surface area contributed by atoms with Gasteiger partial charge >= 0.3 is 0 Å². The maximum atomic E-state index is 11.1. The van der Waals surface area contributed by atoms with E-state index in [0.717, 1.165) is 60.8 Å². The van der Waals surface area contributed by atoms with Crippen LogP contribution in [0.4, 0.5) is 0 Å². The standard InChI is InChI=1S/C22H25NO5.H2O/c24-22(15-5-6-19-21(11-15)27-14-26-19)9-7-16(8-10-22)23-12-17-13-25-18-3-1-2-4-20(18)28-17;/h1-6,11,16-17,23-24H,7-10,12-14H2;1H2/t16-,17?,22-;. The highest BCUT2D eigenvalue weighted by Crippen LogP contribution is 2.41. The van der Waals surface area contributed by atoms with Gasteiger partial charge in [0, 0.05) is 12.6 Å². The number of benzene rings is 2. The normalized spacial score (nSPS) is 27.2. The van der Waals surface area contributed by atoms with Crippen molar-refractivity contribution in [3.8, 4) is 23.0 Å². The smallest absolute Gasteiger partial charge is 0.231 e. The first kappa shape index (κ1) is 19.8. The third-order valence-electron chi connectivity index (χ3n) is 5.92. The van der Waals surface area contributed by atoms with Gasteiger partial charge in [-0.05, 0) is 55.5 Å². The molecule has 1 saturated carbocycles. The molecule has 5 rings (SSSR count). The Morgan fingerprint density at radius 3 is 2.48 bits per heavy atom. The van der Waals surface area contributed by atoms with Crippen LogP contribution in [-0.4, -0.2) is 42.7 Å². The first-order chi connectivity index (χ1) is 13.7. The lowest BCUT2D eigenvalue weighted by Crippen LogP contribution is -2.45. The fourth-order valence-electron chi connectivity index (χ4n) is 4.24. The largest absolute Gasteiger partial charge is 0.486 e. The molecular weight excluding hydrogens is 374 g/mol. The Bertz CT molecular complexity index is 849. The summed E-state index contributed by atoms with van der Waals surface area (Å²) >= 11 is 0. The van der Waals surface area contributed by atoms with Gasteiger partial charge in [-0.15, -0.1) is 0 Å². The van der Waals surface area contributed by atoms with Crippen LogP contribution in [-0.2, 0) is 5.60 Å². The Hall–Kier alpha value is -2.48. The van der Waals surface area contributed by atoms with Crippen molar-refractivity contribution in [3.63, 3.8) is 0 Å². The van der Waals surface area contributed by atoms with E-state index in [9.17, 15) is 5.11 Å². The van der Waals surface area contributed by atoms with Gasteiger partial charge in [-0.25, -0.2) is 0 Å². The van der Waals surface area contributed by atoms with E-state index in [0.29, 0.717) is 12.6 Å². The highest BCUT2D eigenvalue weighted by Gasteiger charge is 2.36. The maximum absolute atomic E-state index is 11.1. The van der Waals surface area contributed by atoms with Crippen molar-refractivity contribution in [3.05, 3.63) is 48.0 Å². The van der Waals surface area contributed by atoms with Gasteiger partial charge in [0.05, 0.1) is 5.60 Å². The first-order valence-corrected chi connectivity index (χ1v) is 9.94. The Balaban J connectivity index is 0.00000205. The summed E-state index contributed by atoms with van der Waals surface area (Å²) in [4.78, 5) is 0. The number of hydrogen-bond donors (Lipinski definition) is 2. The highest BCUT2D eigenvalue weighted by molar-refractivity contribution is 5.46. The van der Waals surface area contributed by atoms with Crippen molar-refractivity contribution < 1.29 is 29.5 Å². The predicted octanol–water partition coefficient (Wildman–Crippen LogP) is 2.15. The van der Waals surface area contributed by atoms with Crippen molar-refractivity contribution in [2.75, 3.05) is 19.9 Å². The van der Waals surface area contributed by atoms with E-state index in [1.165, 1.54) is 0 Å². The number of aliphatic hydroxyl groups is 1. The third kappa shape index (κ3) is 3.99. The molecule has 7 nitrogen and oxygen atoms in total. The van der Waals surface area contributed by atoms with Gasteiger partial charge in [0.15, 0.2) is 23.0 Å². The summed E-state index contributed by atoms with van der Waals surface area (Å²) in [5.74, 6) is 3.09. The first-order valence-electron chi connectivity index (χ1n) is 9.94. The minimum absolute atomic E-state index is 0. The van der Waals surface area contributed by atoms with Gasteiger partial charge in [-0.1, -0.05) is 18.2 Å². The molecule has 1 aliphatic carbocycles. The molecule has 1 fully saturated rings. The van der Waals surface area contributed by atoms with Crippen LogP contribution in [0.5, 0.6) is 23.0 Å². The van der Waals surface area contributed by atoms with Crippen LogP contribution in [0.2, 0.25) is 0 Å². The van der Waals surface area contributed by atoms with Gasteiger partial charge in [0.2, 0.25) is 6.79 Å². The summed E-state index contributed by atoms with van der Waals surface area (Å²) in [7, 11) is 0. The van der Waals surface area contributed by atoms with Crippen LogP contribution in [0.3, 0.4) is 0 Å². The van der Waals surface area contributed by atoms with Crippen LogP contribution < -0.4 is 24.3 Å². The molecule has 4 N–H and O–H groups in total. The number of para-hydroxylation sites is 2. The lowest BCUT2D eigenvalue weighted by Gasteiger charge is -2.37. The molecule has 1 unspecified atom stereocenters. The number of nitrogens with one attached hydrogen (secondary N) is 1. The van der Waals surface area contributed by atoms with Gasteiger partial charge in [-0.2, -0.15) is 0 Å². The van der Waals surface area contributed by atoms with Crippen molar-refractivity contribution in [2.24, 2.45) is 0 Å². The average Bonchev–Trinajstić information content (AvgIpc) is 3.21. The zero-order valence-corrected chi connectivity index (χ0v) is 16.2. The monoisotopic (exact) mass is 401 g/mol. The van der Waals surface area contributed by atoms with E-state index < -0.39 is 5.60 Å². The van der Waals surface area contributed by atoms with Gasteiger partial charge in [0.1, 0.15) is 12.7 Å². The lowest BCUT2D eigenvalue weighted by atomic mass is 9.77. The van der Waals surface area contributed by atoms with E-state index >= 15 is 0 Å². The maximum Gasteiger partial charge on any atom is 0.231 e. The van der Waals surface area contributed by atoms with E-state index in [2.05, 4.69) is 5.32 Å². The van der Waals surface area contributed by atoms with Crippen molar-refractivity contribution in [1.82, 2.24) is 5.32 Å². The predicted molar refractivity (Wildman–Crippen MR) is 107 cm³/mol. The van der Waals surface area contributed by atoms with Crippen molar-refractivity contribution in [2.45, 2.75) is 43.4 Å². The molecule has 0 saturated heterocycles. The molecular formula is C22H27NO6. The molecule has 156 valence electrons. The molecule has 2 heterocycles. The molecule has 2 aliphatic heterocycles. The van der Waals surface area contributed by atoms with Crippen LogP contribution in [0.25, 0.3) is 0 Å². The van der Waals surface area contributed by atoms with Gasteiger partial charge in [-0.3, -0.25) is 0 Å². The van der Waals surface area contributed by atoms with Crippen LogP contribution in [0, 0.1) is 0 Å². The SMILES string of the molecule is O.O[C@]1(c2ccc3c(c2)OCO3)CC[C@@H](NCC2COc3ccccc3O2)CC1. The second-order valence-corrected chi connectivity index (χ2v) is 7.78. The van der Waals surface area contributed by atoms with E-state index in [-0.39, 0.29) is 18.4 Å². The summed E-state index contributed by atoms with van der Waals surface area (Å²) in [6, 6.07) is 13.9. The van der Waals surface area contributed by atoms with Crippen LogP contribution in [0.15, 0.2) is 42.5 Å². The second kappa shape index (κ2) is 8.10. The van der Waals surface area contributed by atoms with E-state index in [1.807, 2.05) is 42.5 Å². The number of ether oxygens (including phenoxy) is 4. The van der Waals surface area contributed by atoms with Crippen LogP contribution >= 0.6 is 0 Å². The summed E-state index contributed by atoms with van der Waals surface area (Å²) in [6.45, 7) is 1.54. The van der Waals surface area contributed by atoms with E-state index in [4.69, 9.17) is 18.9 Å². The molecule has 0 amide bonds. The zero-order chi connectivity index (χ0) is 19.0. The number of fused-ring (bicyclic) bond motifs is 2. The van der Waals surface area contributed by atoms with Gasteiger partial charge in [0.25, 0.3) is 0 Å². The topological polar surface area (TPSA) is 101 Å². The Labute approximate surface area is 169 Å². The average molecular weight is 401 g/mol. The molecule has 2 aromatic carbocycles. The van der Waals surface area contributed by atoms with Crippen molar-refractivity contribution in [1.29, 1.82) is 0 Å². The summed E-state index contributed by atoms with van der Waals surface area (Å²) in [6.07, 6.45) is 3.26. The number of rotatable bonds is 4. The molecule has 0 aromatic heterocycles. The molecule has 29 heavy (non-hydrogen) atoms. The fraction of sp³-hybridized carbons (Fsp3) is 0.455. The summed E-state index contributed by atoms with van der Waals surface area (Å²) < 4.78 is 22.6. The minimum atomic E-state index is -0.803. The highest BCUT2D eigenvalue weighted by atomic mass is 16.7. The molecule has 7 heteroatoms. The minimum Gasteiger partial charge on any atom is -0.486 e. The Morgan fingerprint density at radius 2 is 1.66 bits per heavy atom. The Kier molecular flexibility index (Phi) is 5.54. The quantitative estimate of drug-likeness (QED) is 0.814. The molecule has 0 radical (unpaired) electrons. The third-order valence-corrected chi connectivity index (χ3v) is 5.92. The van der Waals surface area contributed by atoms with Gasteiger partial charge < -0.3 is 34.8 Å². The zero-order valence-electron chi connectivity index (χ0n) is 16.2. The second-order valence-electron chi connectivity index (χ2n) is 7.78. The molecule has 3 aliphatic rings. The van der Waals surface area contributed by atoms with E-state index in [1.54, 1.807) is 0 Å².